The Morgan fingerprint density at radius 1 is 1.14 bits per heavy atom. The lowest BCUT2D eigenvalue weighted by molar-refractivity contribution is 0.0660. The number of benzene rings is 1. The number of aromatic carboxylic acids is 1. The van der Waals surface area contributed by atoms with Crippen LogP contribution in [0.4, 0.5) is 0 Å². The summed E-state index contributed by atoms with van der Waals surface area (Å²) < 4.78 is 5.20. The van der Waals surface area contributed by atoms with Crippen molar-refractivity contribution in [2.75, 3.05) is 13.1 Å². The van der Waals surface area contributed by atoms with Gasteiger partial charge in [-0.05, 0) is 62.2 Å². The molecule has 2 aromatic rings. The molecule has 0 aliphatic rings. The van der Waals surface area contributed by atoms with Gasteiger partial charge in [0.15, 0.2) is 0 Å². The largest absolute Gasteiger partial charge is 0.475 e. The maximum absolute atomic E-state index is 10.7. The molecule has 0 radical (unpaired) electrons. The lowest BCUT2D eigenvalue weighted by Gasteiger charge is -2.05. The first kappa shape index (κ1) is 16.6. The summed E-state index contributed by atoms with van der Waals surface area (Å²) in [4.78, 5) is 10.7. The molecule has 0 unspecified atom stereocenters. The van der Waals surface area contributed by atoms with Crippen molar-refractivity contribution in [3.63, 3.8) is 0 Å². The molecule has 0 saturated carbocycles. The Bertz CT molecular complexity index is 609. The van der Waals surface area contributed by atoms with Crippen molar-refractivity contribution >= 4 is 17.6 Å². The third kappa shape index (κ3) is 5.54. The van der Waals surface area contributed by atoms with Gasteiger partial charge >= 0.3 is 5.97 Å². The summed E-state index contributed by atoms with van der Waals surface area (Å²) in [7, 11) is 0. The zero-order valence-corrected chi connectivity index (χ0v) is 13.1. The van der Waals surface area contributed by atoms with Gasteiger partial charge in [-0.1, -0.05) is 23.7 Å². The molecular weight excluding hydrogens is 302 g/mol. The van der Waals surface area contributed by atoms with Crippen molar-refractivity contribution in [1.29, 1.82) is 0 Å². The van der Waals surface area contributed by atoms with Crippen LogP contribution in [0, 0.1) is 0 Å². The van der Waals surface area contributed by atoms with Crippen molar-refractivity contribution in [3.8, 4) is 0 Å². The second-order valence-corrected chi connectivity index (χ2v) is 5.59. The molecule has 4 nitrogen and oxygen atoms in total. The molecule has 0 aliphatic carbocycles. The highest BCUT2D eigenvalue weighted by Gasteiger charge is 2.08. The first-order valence-corrected chi connectivity index (χ1v) is 7.80. The Labute approximate surface area is 135 Å². The van der Waals surface area contributed by atoms with Gasteiger partial charge in [0.05, 0.1) is 0 Å². The fourth-order valence-electron chi connectivity index (χ4n) is 2.25. The number of carbonyl (C=O) groups is 1. The molecular formula is C17H20ClNO3. The number of hydrogen-bond donors (Lipinski definition) is 2. The van der Waals surface area contributed by atoms with Crippen molar-refractivity contribution in [2.24, 2.45) is 0 Å². The maximum Gasteiger partial charge on any atom is 0.371 e. The van der Waals surface area contributed by atoms with E-state index in [1.807, 2.05) is 18.2 Å². The highest BCUT2D eigenvalue weighted by Crippen LogP contribution is 2.12. The molecule has 0 atom stereocenters. The van der Waals surface area contributed by atoms with Crippen LogP contribution in [0.2, 0.25) is 5.02 Å². The van der Waals surface area contributed by atoms with E-state index in [2.05, 4.69) is 11.4 Å². The summed E-state index contributed by atoms with van der Waals surface area (Å²) in [5.74, 6) is -0.298. The van der Waals surface area contributed by atoms with Crippen LogP contribution >= 0.6 is 11.6 Å². The number of furan rings is 1. The van der Waals surface area contributed by atoms with E-state index in [1.54, 1.807) is 6.07 Å². The molecule has 2 N–H and O–H groups in total. The summed E-state index contributed by atoms with van der Waals surface area (Å²) in [6, 6.07) is 11.2. The van der Waals surface area contributed by atoms with Crippen LogP contribution in [0.3, 0.4) is 0 Å². The standard InChI is InChI=1S/C17H20ClNO3/c18-14-6-1-4-13(12-14)5-2-10-19-11-3-7-15-8-9-16(22-15)17(20)21/h1,4,6,8-9,12,19H,2-3,5,7,10-11H2,(H,20,21). The number of aryl methyl sites for hydroxylation is 2. The number of carboxylic acids is 1. The second kappa shape index (κ2) is 8.61. The predicted molar refractivity (Wildman–Crippen MR) is 86.6 cm³/mol. The summed E-state index contributed by atoms with van der Waals surface area (Å²) >= 11 is 5.94. The minimum atomic E-state index is -1.02. The Morgan fingerprint density at radius 2 is 1.91 bits per heavy atom. The molecule has 1 aromatic carbocycles. The molecule has 5 heteroatoms. The third-order valence-corrected chi connectivity index (χ3v) is 3.59. The number of carboxylic acid groups (broad SMARTS) is 1. The van der Waals surface area contributed by atoms with Gasteiger partial charge < -0.3 is 14.8 Å². The van der Waals surface area contributed by atoms with Gasteiger partial charge in [0.2, 0.25) is 5.76 Å². The summed E-state index contributed by atoms with van der Waals surface area (Å²) in [6.45, 7) is 1.84. The maximum atomic E-state index is 10.7. The average molecular weight is 322 g/mol. The lowest BCUT2D eigenvalue weighted by Crippen LogP contribution is -2.17. The summed E-state index contributed by atoms with van der Waals surface area (Å²) in [5, 5.41) is 12.9. The summed E-state index contributed by atoms with van der Waals surface area (Å²) in [5.41, 5.74) is 1.26. The third-order valence-electron chi connectivity index (χ3n) is 3.36. The van der Waals surface area contributed by atoms with Crippen LogP contribution in [0.5, 0.6) is 0 Å². The van der Waals surface area contributed by atoms with Crippen LogP contribution in [-0.4, -0.2) is 24.2 Å². The molecule has 0 bridgehead atoms. The summed E-state index contributed by atoms with van der Waals surface area (Å²) in [6.07, 6.45) is 3.73. The average Bonchev–Trinajstić information content (AvgIpc) is 2.95. The zero-order chi connectivity index (χ0) is 15.8. The van der Waals surface area contributed by atoms with Gasteiger partial charge in [-0.25, -0.2) is 4.79 Å². The van der Waals surface area contributed by atoms with Gasteiger partial charge in [-0.3, -0.25) is 0 Å². The molecule has 0 spiro atoms. The molecule has 118 valence electrons. The van der Waals surface area contributed by atoms with E-state index in [-0.39, 0.29) is 5.76 Å². The molecule has 0 amide bonds. The quantitative estimate of drug-likeness (QED) is 0.690. The minimum absolute atomic E-state index is 0.00415. The highest BCUT2D eigenvalue weighted by atomic mass is 35.5. The normalized spacial score (nSPS) is 10.8. The van der Waals surface area contributed by atoms with Gasteiger partial charge in [-0.15, -0.1) is 0 Å². The smallest absolute Gasteiger partial charge is 0.371 e. The predicted octanol–water partition coefficient (Wildman–Crippen LogP) is 3.79. The van der Waals surface area contributed by atoms with E-state index in [1.165, 1.54) is 11.6 Å². The monoisotopic (exact) mass is 321 g/mol. The number of nitrogens with one attached hydrogen (secondary N) is 1. The number of rotatable bonds is 9. The molecule has 0 fully saturated rings. The minimum Gasteiger partial charge on any atom is -0.475 e. The molecule has 1 heterocycles. The second-order valence-electron chi connectivity index (χ2n) is 5.16. The van der Waals surface area contributed by atoms with Gasteiger partial charge in [0, 0.05) is 11.4 Å². The van der Waals surface area contributed by atoms with Crippen molar-refractivity contribution < 1.29 is 14.3 Å². The Hall–Kier alpha value is -1.78. The Morgan fingerprint density at radius 3 is 2.59 bits per heavy atom. The lowest BCUT2D eigenvalue weighted by atomic mass is 10.1. The number of hydrogen-bond acceptors (Lipinski definition) is 3. The zero-order valence-electron chi connectivity index (χ0n) is 12.3. The van der Waals surface area contributed by atoms with Crippen LogP contribution in [0.1, 0.15) is 34.7 Å². The van der Waals surface area contributed by atoms with E-state index in [0.29, 0.717) is 0 Å². The van der Waals surface area contributed by atoms with Crippen molar-refractivity contribution in [2.45, 2.75) is 25.7 Å². The van der Waals surface area contributed by atoms with Crippen molar-refractivity contribution in [1.82, 2.24) is 5.32 Å². The van der Waals surface area contributed by atoms with E-state index in [9.17, 15) is 4.79 Å². The van der Waals surface area contributed by atoms with E-state index < -0.39 is 5.97 Å². The van der Waals surface area contributed by atoms with Gasteiger partial charge in [0.25, 0.3) is 0 Å². The van der Waals surface area contributed by atoms with E-state index >= 15 is 0 Å². The molecule has 0 aliphatic heterocycles. The van der Waals surface area contributed by atoms with Crippen LogP contribution in [0.25, 0.3) is 0 Å². The highest BCUT2D eigenvalue weighted by molar-refractivity contribution is 6.30. The molecule has 2 rings (SSSR count). The van der Waals surface area contributed by atoms with Crippen molar-refractivity contribution in [3.05, 3.63) is 58.5 Å². The van der Waals surface area contributed by atoms with E-state index in [0.717, 1.165) is 49.6 Å². The first-order valence-electron chi connectivity index (χ1n) is 7.42. The SMILES string of the molecule is O=C(O)c1ccc(CCCNCCCc2cccc(Cl)c2)o1. The van der Waals surface area contributed by atoms with Crippen LogP contribution in [0.15, 0.2) is 40.8 Å². The molecule has 22 heavy (non-hydrogen) atoms. The molecule has 1 aromatic heterocycles. The van der Waals surface area contributed by atoms with Crippen LogP contribution in [-0.2, 0) is 12.8 Å². The topological polar surface area (TPSA) is 62.5 Å². The van der Waals surface area contributed by atoms with E-state index in [4.69, 9.17) is 21.1 Å². The molecule has 0 saturated heterocycles. The fourth-order valence-corrected chi connectivity index (χ4v) is 2.46. The fraction of sp³-hybridized carbons (Fsp3) is 0.353. The van der Waals surface area contributed by atoms with Gasteiger partial charge in [-0.2, -0.15) is 0 Å². The van der Waals surface area contributed by atoms with Gasteiger partial charge in [0.1, 0.15) is 5.76 Å². The Kier molecular flexibility index (Phi) is 6.49. The number of halogens is 1. The first-order chi connectivity index (χ1) is 10.6. The Balaban J connectivity index is 1.55. The van der Waals surface area contributed by atoms with Crippen LogP contribution < -0.4 is 5.32 Å².